The van der Waals surface area contributed by atoms with Gasteiger partial charge in [-0.2, -0.15) is 39.5 Å². The molecule has 1 N–H and O–H groups in total. The van der Waals surface area contributed by atoms with Gasteiger partial charge in [-0.15, -0.1) is 0 Å². The van der Waals surface area contributed by atoms with E-state index in [9.17, 15) is 49.4 Å². The molecule has 1 aliphatic heterocycles. The maximum atomic E-state index is 13.5. The molecule has 0 aromatic heterocycles. The van der Waals surface area contributed by atoms with Gasteiger partial charge in [0.05, 0.1) is 12.3 Å². The van der Waals surface area contributed by atoms with E-state index in [2.05, 4.69) is 9.47 Å². The van der Waals surface area contributed by atoms with E-state index in [-0.39, 0.29) is 6.92 Å². The smallest absolute Gasteiger partial charge is 0.443 e. The summed E-state index contributed by atoms with van der Waals surface area (Å²) in [5.74, 6) is -7.81. The lowest BCUT2D eigenvalue weighted by Gasteiger charge is -2.52. The molecule has 0 aromatic rings. The third-order valence-corrected chi connectivity index (χ3v) is 3.87. The number of ether oxygens (including phenoxy) is 2. The normalized spacial score (nSPS) is 34.1. The predicted octanol–water partition coefficient (Wildman–Crippen LogP) is 3.87. The van der Waals surface area contributed by atoms with Gasteiger partial charge in [0, 0.05) is 6.42 Å². The minimum absolute atomic E-state index is 0.0907. The van der Waals surface area contributed by atoms with Gasteiger partial charge in [-0.1, -0.05) is 13.8 Å². The summed E-state index contributed by atoms with van der Waals surface area (Å²) in [7, 11) is 0. The maximum Gasteiger partial charge on any atom is 0.443 e. The molecular weight excluding hydrogens is 391 g/mol. The average Bonchev–Trinajstić information content (AvgIpc) is 2.33. The zero-order valence-electron chi connectivity index (χ0n) is 13.6. The number of carbonyl (C=O) groups is 1. The Morgan fingerprint density at radius 2 is 1.42 bits per heavy atom. The van der Waals surface area contributed by atoms with Crippen LogP contribution in [0.15, 0.2) is 0 Å². The first-order valence-corrected chi connectivity index (χ1v) is 7.05. The fraction of sp³-hybridized carbons (Fsp3) is 0.923. The minimum atomic E-state index is -6.03. The van der Waals surface area contributed by atoms with Gasteiger partial charge in [-0.3, -0.25) is 4.79 Å². The van der Waals surface area contributed by atoms with Crippen molar-refractivity contribution in [2.45, 2.75) is 69.1 Å². The standard InChI is InChI=1S/C13H15F9O4/c1-6(2)7(23)25-9(12(17,18)19)4-8(3,11(14,15)16)26-10(24,5-9)13(20,21)22/h6,24H,4-5H2,1-3H3. The highest BCUT2D eigenvalue weighted by molar-refractivity contribution is 5.72. The SMILES string of the molecule is CC(C)C(=O)OC1(C(F)(F)F)CC(C)(C(F)(F)F)OC(O)(C(F)(F)F)C1. The van der Waals surface area contributed by atoms with E-state index in [4.69, 9.17) is 0 Å². The number of hydrogen-bond acceptors (Lipinski definition) is 4. The average molecular weight is 406 g/mol. The molecular formula is C13H15F9O4. The van der Waals surface area contributed by atoms with Crippen LogP contribution in [0.1, 0.15) is 33.6 Å². The van der Waals surface area contributed by atoms with Crippen LogP contribution in [-0.4, -0.2) is 46.6 Å². The summed E-state index contributed by atoms with van der Waals surface area (Å²) < 4.78 is 127. The van der Waals surface area contributed by atoms with Crippen LogP contribution in [0.25, 0.3) is 0 Å². The van der Waals surface area contributed by atoms with E-state index in [0.29, 0.717) is 0 Å². The first kappa shape index (κ1) is 22.8. The van der Waals surface area contributed by atoms with Gasteiger partial charge in [-0.25, -0.2) is 0 Å². The van der Waals surface area contributed by atoms with E-state index in [1.54, 1.807) is 0 Å². The second-order valence-corrected chi connectivity index (χ2v) is 6.53. The summed E-state index contributed by atoms with van der Waals surface area (Å²) in [6.45, 7) is 1.97. The molecule has 0 radical (unpaired) electrons. The van der Waals surface area contributed by atoms with Gasteiger partial charge in [0.1, 0.15) is 0 Å². The molecule has 154 valence electrons. The highest BCUT2D eigenvalue weighted by atomic mass is 19.4. The molecule has 0 aliphatic carbocycles. The Balaban J connectivity index is 3.64. The number of carbonyl (C=O) groups excluding carboxylic acids is 1. The monoisotopic (exact) mass is 406 g/mol. The molecule has 13 heteroatoms. The van der Waals surface area contributed by atoms with Gasteiger partial charge in [0.15, 0.2) is 5.60 Å². The molecule has 3 unspecified atom stereocenters. The molecule has 4 nitrogen and oxygen atoms in total. The zero-order chi connectivity index (χ0) is 21.0. The number of halogens is 9. The van der Waals surface area contributed by atoms with Crippen molar-refractivity contribution in [2.24, 2.45) is 5.92 Å². The number of hydrogen-bond donors (Lipinski definition) is 1. The summed E-state index contributed by atoms with van der Waals surface area (Å²) in [6, 6.07) is 0. The van der Waals surface area contributed by atoms with E-state index in [1.165, 1.54) is 0 Å². The van der Waals surface area contributed by atoms with Crippen LogP contribution < -0.4 is 0 Å². The van der Waals surface area contributed by atoms with Gasteiger partial charge >= 0.3 is 24.5 Å². The Kier molecular flexibility index (Phi) is 5.39. The zero-order valence-corrected chi connectivity index (χ0v) is 13.6. The number of aliphatic hydroxyl groups is 1. The Labute approximate surface area is 141 Å². The third-order valence-electron chi connectivity index (χ3n) is 3.87. The van der Waals surface area contributed by atoms with Crippen LogP contribution in [0.3, 0.4) is 0 Å². The molecule has 1 heterocycles. The lowest BCUT2D eigenvalue weighted by molar-refractivity contribution is -0.470. The van der Waals surface area contributed by atoms with Crippen LogP contribution in [0.4, 0.5) is 39.5 Å². The van der Waals surface area contributed by atoms with E-state index in [1.807, 2.05) is 0 Å². The molecule has 1 saturated heterocycles. The lowest BCUT2D eigenvalue weighted by atomic mass is 9.77. The van der Waals surface area contributed by atoms with Crippen molar-refractivity contribution >= 4 is 5.97 Å². The van der Waals surface area contributed by atoms with Crippen LogP contribution in [-0.2, 0) is 14.3 Å². The molecule has 0 spiro atoms. The van der Waals surface area contributed by atoms with Crippen molar-refractivity contribution in [3.8, 4) is 0 Å². The Morgan fingerprint density at radius 3 is 1.73 bits per heavy atom. The largest absolute Gasteiger partial charge is 0.449 e. The van der Waals surface area contributed by atoms with Crippen molar-refractivity contribution in [1.29, 1.82) is 0 Å². The lowest BCUT2D eigenvalue weighted by Crippen LogP contribution is -2.71. The van der Waals surface area contributed by atoms with Crippen molar-refractivity contribution in [1.82, 2.24) is 0 Å². The number of esters is 1. The fourth-order valence-electron chi connectivity index (χ4n) is 2.40. The molecule has 0 saturated carbocycles. The molecule has 0 aromatic carbocycles. The van der Waals surface area contributed by atoms with Crippen LogP contribution in [0, 0.1) is 5.92 Å². The van der Waals surface area contributed by atoms with Crippen LogP contribution >= 0.6 is 0 Å². The van der Waals surface area contributed by atoms with Gasteiger partial charge in [-0.05, 0) is 6.92 Å². The topological polar surface area (TPSA) is 55.8 Å². The van der Waals surface area contributed by atoms with Crippen molar-refractivity contribution in [2.75, 3.05) is 0 Å². The highest BCUT2D eigenvalue weighted by Crippen LogP contribution is 2.57. The summed E-state index contributed by atoms with van der Waals surface area (Å²) in [5.41, 5.74) is -8.36. The Hall–Kier alpha value is -1.24. The highest BCUT2D eigenvalue weighted by Gasteiger charge is 2.77. The fourth-order valence-corrected chi connectivity index (χ4v) is 2.40. The van der Waals surface area contributed by atoms with Gasteiger partial charge < -0.3 is 14.6 Å². The maximum absolute atomic E-state index is 13.5. The predicted molar refractivity (Wildman–Crippen MR) is 65.5 cm³/mol. The second-order valence-electron chi connectivity index (χ2n) is 6.53. The summed E-state index contributed by atoms with van der Waals surface area (Å²) >= 11 is 0. The summed E-state index contributed by atoms with van der Waals surface area (Å²) in [4.78, 5) is 11.6. The van der Waals surface area contributed by atoms with E-state index < -0.39 is 60.2 Å². The number of alkyl halides is 9. The van der Waals surface area contributed by atoms with Crippen molar-refractivity contribution < 1.29 is 58.9 Å². The van der Waals surface area contributed by atoms with Crippen molar-refractivity contribution in [3.63, 3.8) is 0 Å². The first-order chi connectivity index (χ1) is 11.2. The second kappa shape index (κ2) is 6.14. The number of rotatable bonds is 2. The molecule has 1 fully saturated rings. The van der Waals surface area contributed by atoms with Gasteiger partial charge in [0.2, 0.25) is 5.60 Å². The molecule has 1 aliphatic rings. The summed E-state index contributed by atoms with van der Waals surface area (Å²) in [5, 5.41) is 9.52. The van der Waals surface area contributed by atoms with E-state index >= 15 is 0 Å². The van der Waals surface area contributed by atoms with Crippen LogP contribution in [0.2, 0.25) is 0 Å². The Morgan fingerprint density at radius 1 is 0.962 bits per heavy atom. The molecule has 0 amide bonds. The van der Waals surface area contributed by atoms with Crippen molar-refractivity contribution in [3.05, 3.63) is 0 Å². The summed E-state index contributed by atoms with van der Waals surface area (Å²) in [6.07, 6.45) is -22.3. The first-order valence-electron chi connectivity index (χ1n) is 7.05. The molecule has 3 atom stereocenters. The van der Waals surface area contributed by atoms with Gasteiger partial charge in [0.25, 0.3) is 5.79 Å². The van der Waals surface area contributed by atoms with E-state index in [0.717, 1.165) is 13.8 Å². The Bertz CT molecular complexity index is 523. The molecule has 1 rings (SSSR count). The third kappa shape index (κ3) is 3.87. The molecule has 0 bridgehead atoms. The minimum Gasteiger partial charge on any atom is -0.449 e. The quantitative estimate of drug-likeness (QED) is 0.559. The van der Waals surface area contributed by atoms with Crippen LogP contribution in [0.5, 0.6) is 0 Å². The molecule has 26 heavy (non-hydrogen) atoms.